The van der Waals surface area contributed by atoms with Crippen molar-refractivity contribution in [3.05, 3.63) is 42.0 Å². The fourth-order valence-electron chi connectivity index (χ4n) is 4.93. The Labute approximate surface area is 147 Å². The van der Waals surface area contributed by atoms with Crippen LogP contribution < -0.4 is 0 Å². The van der Waals surface area contributed by atoms with Gasteiger partial charge in [-0.05, 0) is 36.2 Å². The van der Waals surface area contributed by atoms with Crippen LogP contribution in [0.1, 0.15) is 44.1 Å². The molecule has 1 heterocycles. The summed E-state index contributed by atoms with van der Waals surface area (Å²) >= 11 is 0. The Bertz CT molecular complexity index is 536. The zero-order valence-corrected chi connectivity index (χ0v) is 15.0. The first-order valence-electron chi connectivity index (χ1n) is 10.0. The van der Waals surface area contributed by atoms with Gasteiger partial charge in [0.2, 0.25) is 0 Å². The van der Waals surface area contributed by atoms with Gasteiger partial charge in [-0.15, -0.1) is 0 Å². The third-order valence-corrected chi connectivity index (χ3v) is 6.63. The van der Waals surface area contributed by atoms with E-state index in [1.165, 1.54) is 76.8 Å². The van der Waals surface area contributed by atoms with Crippen LogP contribution in [-0.2, 0) is 0 Å². The summed E-state index contributed by atoms with van der Waals surface area (Å²) in [5, 5.41) is 0. The predicted octanol–water partition coefficient (Wildman–Crippen LogP) is 4.29. The molecule has 24 heavy (non-hydrogen) atoms. The number of rotatable bonds is 5. The van der Waals surface area contributed by atoms with Crippen LogP contribution in [0.25, 0.3) is 6.08 Å². The van der Waals surface area contributed by atoms with E-state index >= 15 is 0 Å². The van der Waals surface area contributed by atoms with E-state index in [2.05, 4.69) is 52.3 Å². The molecule has 3 aliphatic rings. The van der Waals surface area contributed by atoms with Gasteiger partial charge in [0.15, 0.2) is 0 Å². The maximum Gasteiger partial charge on any atom is 0.0167 e. The fourth-order valence-corrected chi connectivity index (χ4v) is 4.93. The van der Waals surface area contributed by atoms with Gasteiger partial charge in [0.1, 0.15) is 0 Å². The molecule has 1 aromatic carbocycles. The smallest absolute Gasteiger partial charge is 0.0167 e. The molecular formula is C22H32N2. The summed E-state index contributed by atoms with van der Waals surface area (Å²) in [7, 11) is 0. The summed E-state index contributed by atoms with van der Waals surface area (Å²) in [6.45, 7) is 7.49. The molecule has 0 bridgehead atoms. The molecule has 1 aliphatic heterocycles. The zero-order valence-electron chi connectivity index (χ0n) is 15.0. The largest absolute Gasteiger partial charge is 0.300 e. The first kappa shape index (κ1) is 16.4. The van der Waals surface area contributed by atoms with Crippen molar-refractivity contribution in [2.24, 2.45) is 11.3 Å². The summed E-state index contributed by atoms with van der Waals surface area (Å²) in [6, 6.07) is 10.6. The van der Waals surface area contributed by atoms with E-state index in [0.29, 0.717) is 0 Å². The molecule has 2 aliphatic carbocycles. The second kappa shape index (κ2) is 7.41. The van der Waals surface area contributed by atoms with E-state index in [-0.39, 0.29) is 0 Å². The third-order valence-electron chi connectivity index (χ3n) is 6.63. The van der Waals surface area contributed by atoms with Gasteiger partial charge in [0.05, 0.1) is 0 Å². The minimum Gasteiger partial charge on any atom is -0.300 e. The van der Waals surface area contributed by atoms with Crippen molar-refractivity contribution in [2.45, 2.75) is 38.5 Å². The molecule has 1 saturated heterocycles. The minimum absolute atomic E-state index is 0.799. The van der Waals surface area contributed by atoms with Gasteiger partial charge in [0, 0.05) is 39.3 Å². The number of nitrogens with zero attached hydrogens (tertiary/aromatic N) is 2. The van der Waals surface area contributed by atoms with Crippen LogP contribution in [0, 0.1) is 11.3 Å². The molecule has 0 amide bonds. The number of hydrogen-bond acceptors (Lipinski definition) is 2. The van der Waals surface area contributed by atoms with Crippen LogP contribution in [0.5, 0.6) is 0 Å². The van der Waals surface area contributed by atoms with Gasteiger partial charge in [-0.1, -0.05) is 61.7 Å². The first-order chi connectivity index (χ1) is 11.8. The van der Waals surface area contributed by atoms with Crippen LogP contribution in [0.15, 0.2) is 36.4 Å². The topological polar surface area (TPSA) is 6.48 Å². The summed E-state index contributed by atoms with van der Waals surface area (Å²) in [4.78, 5) is 5.34. The van der Waals surface area contributed by atoms with Crippen LogP contribution in [0.2, 0.25) is 0 Å². The van der Waals surface area contributed by atoms with E-state index in [1.807, 2.05) is 0 Å². The van der Waals surface area contributed by atoms with Crippen LogP contribution in [0.4, 0.5) is 0 Å². The Kier molecular flexibility index (Phi) is 5.05. The maximum absolute atomic E-state index is 2.74. The Morgan fingerprint density at radius 1 is 0.917 bits per heavy atom. The summed E-state index contributed by atoms with van der Waals surface area (Å²) in [5.41, 5.74) is 2.11. The molecule has 0 unspecified atom stereocenters. The van der Waals surface area contributed by atoms with Crippen molar-refractivity contribution in [1.82, 2.24) is 9.80 Å². The lowest BCUT2D eigenvalue weighted by Gasteiger charge is -2.35. The van der Waals surface area contributed by atoms with Crippen molar-refractivity contribution in [3.63, 3.8) is 0 Å². The van der Waals surface area contributed by atoms with E-state index in [9.17, 15) is 0 Å². The van der Waals surface area contributed by atoms with Crippen LogP contribution in [-0.4, -0.2) is 49.1 Å². The summed E-state index contributed by atoms with van der Waals surface area (Å²) in [5.74, 6) is 1.03. The standard InChI is InChI=1S/C22H32N2/c1-3-8-20(9-4-1)10-7-13-23-14-16-24(17-15-23)19-21-18-22(21)11-5-2-6-12-22/h1,3-4,7-10,21H,2,5-6,11-19H2/b10-7+/t21-/m1/s1. The van der Waals surface area contributed by atoms with Crippen molar-refractivity contribution >= 4 is 6.08 Å². The highest BCUT2D eigenvalue weighted by Crippen LogP contribution is 2.61. The predicted molar refractivity (Wildman–Crippen MR) is 102 cm³/mol. The highest BCUT2D eigenvalue weighted by molar-refractivity contribution is 5.48. The average molecular weight is 325 g/mol. The second-order valence-corrected chi connectivity index (χ2v) is 8.24. The lowest BCUT2D eigenvalue weighted by molar-refractivity contribution is 0.130. The van der Waals surface area contributed by atoms with Crippen molar-refractivity contribution in [1.29, 1.82) is 0 Å². The Hall–Kier alpha value is -1.12. The highest BCUT2D eigenvalue weighted by Gasteiger charge is 2.53. The quantitative estimate of drug-likeness (QED) is 0.797. The number of hydrogen-bond donors (Lipinski definition) is 0. The highest BCUT2D eigenvalue weighted by atomic mass is 15.3. The molecule has 2 heteroatoms. The molecule has 0 aromatic heterocycles. The molecular weight excluding hydrogens is 292 g/mol. The SMILES string of the molecule is C(=C\c1ccccc1)/CN1CCN(C[C@H]2CC23CCCCC3)CC1. The van der Waals surface area contributed by atoms with E-state index in [4.69, 9.17) is 0 Å². The molecule has 1 aromatic rings. The molecule has 2 nitrogen and oxygen atoms in total. The molecule has 3 fully saturated rings. The Balaban J connectivity index is 1.17. The molecule has 0 radical (unpaired) electrons. The first-order valence-corrected chi connectivity index (χ1v) is 10.0. The Morgan fingerprint density at radius 2 is 1.62 bits per heavy atom. The number of piperazine rings is 1. The van der Waals surface area contributed by atoms with E-state index < -0.39 is 0 Å². The lowest BCUT2D eigenvalue weighted by Crippen LogP contribution is -2.47. The maximum atomic E-state index is 2.74. The molecule has 1 spiro atoms. The number of benzene rings is 1. The summed E-state index contributed by atoms with van der Waals surface area (Å²) in [6.07, 6.45) is 13.7. The van der Waals surface area contributed by atoms with Gasteiger partial charge in [-0.2, -0.15) is 0 Å². The van der Waals surface area contributed by atoms with E-state index in [0.717, 1.165) is 17.9 Å². The van der Waals surface area contributed by atoms with Gasteiger partial charge in [-0.3, -0.25) is 4.90 Å². The van der Waals surface area contributed by atoms with Gasteiger partial charge in [0.25, 0.3) is 0 Å². The molecule has 1 atom stereocenters. The third kappa shape index (κ3) is 3.92. The van der Waals surface area contributed by atoms with Gasteiger partial charge >= 0.3 is 0 Å². The van der Waals surface area contributed by atoms with Crippen LogP contribution in [0.3, 0.4) is 0 Å². The van der Waals surface area contributed by atoms with Crippen molar-refractivity contribution in [2.75, 3.05) is 39.3 Å². The van der Waals surface area contributed by atoms with Crippen molar-refractivity contribution < 1.29 is 0 Å². The van der Waals surface area contributed by atoms with Crippen LogP contribution >= 0.6 is 0 Å². The molecule has 0 N–H and O–H groups in total. The van der Waals surface area contributed by atoms with Crippen molar-refractivity contribution in [3.8, 4) is 0 Å². The average Bonchev–Trinajstić information content (AvgIpc) is 3.28. The second-order valence-electron chi connectivity index (χ2n) is 8.24. The normalized spacial score (nSPS) is 27.8. The molecule has 4 rings (SSSR count). The molecule has 2 saturated carbocycles. The minimum atomic E-state index is 0.799. The monoisotopic (exact) mass is 324 g/mol. The Morgan fingerprint density at radius 3 is 2.38 bits per heavy atom. The lowest BCUT2D eigenvalue weighted by atomic mass is 9.84. The fraction of sp³-hybridized carbons (Fsp3) is 0.636. The van der Waals surface area contributed by atoms with Gasteiger partial charge in [-0.25, -0.2) is 0 Å². The zero-order chi connectivity index (χ0) is 16.2. The molecule has 130 valence electrons. The summed E-state index contributed by atoms with van der Waals surface area (Å²) < 4.78 is 0. The van der Waals surface area contributed by atoms with Gasteiger partial charge < -0.3 is 4.90 Å². The van der Waals surface area contributed by atoms with E-state index in [1.54, 1.807) is 0 Å².